The van der Waals surface area contributed by atoms with E-state index < -0.39 is 18.2 Å². The number of ether oxygens (including phenoxy) is 3. The van der Waals surface area contributed by atoms with Crippen LogP contribution >= 0.6 is 12.4 Å². The topological polar surface area (TPSA) is 73.9 Å². The lowest BCUT2D eigenvalue weighted by Crippen LogP contribution is -2.41. The number of esters is 1. The van der Waals surface area contributed by atoms with E-state index in [1.54, 1.807) is 6.92 Å². The molecule has 1 unspecified atom stereocenters. The van der Waals surface area contributed by atoms with E-state index in [0.29, 0.717) is 6.61 Å². The van der Waals surface area contributed by atoms with Crippen molar-refractivity contribution in [3.05, 3.63) is 0 Å². The van der Waals surface area contributed by atoms with E-state index in [2.05, 4.69) is 14.8 Å². The van der Waals surface area contributed by atoms with Crippen LogP contribution < -0.4 is 5.32 Å². The van der Waals surface area contributed by atoms with Crippen molar-refractivity contribution < 1.29 is 23.8 Å². The zero-order valence-electron chi connectivity index (χ0n) is 11.3. The quantitative estimate of drug-likeness (QED) is 0.612. The molecule has 1 aliphatic rings. The van der Waals surface area contributed by atoms with Crippen molar-refractivity contribution >= 4 is 24.5 Å². The molecular formula is C12H22ClNO5. The van der Waals surface area contributed by atoms with Gasteiger partial charge in [-0.1, -0.05) is 0 Å². The van der Waals surface area contributed by atoms with Crippen LogP contribution in [0.15, 0.2) is 0 Å². The SMILES string of the molecule is CCOC(=O)OC(=O)C(OCC)C1CCNCC1.Cl. The van der Waals surface area contributed by atoms with Crippen molar-refractivity contribution in [3.63, 3.8) is 0 Å². The van der Waals surface area contributed by atoms with Gasteiger partial charge < -0.3 is 19.5 Å². The molecule has 0 aromatic carbocycles. The maximum Gasteiger partial charge on any atom is 0.516 e. The van der Waals surface area contributed by atoms with E-state index in [-0.39, 0.29) is 24.9 Å². The van der Waals surface area contributed by atoms with Crippen molar-refractivity contribution in [2.75, 3.05) is 26.3 Å². The van der Waals surface area contributed by atoms with Gasteiger partial charge in [0, 0.05) is 6.61 Å². The van der Waals surface area contributed by atoms with Crippen LogP contribution in [0.1, 0.15) is 26.7 Å². The van der Waals surface area contributed by atoms with Gasteiger partial charge in [-0.2, -0.15) is 0 Å². The van der Waals surface area contributed by atoms with E-state index in [0.717, 1.165) is 25.9 Å². The fourth-order valence-corrected chi connectivity index (χ4v) is 2.01. The van der Waals surface area contributed by atoms with E-state index in [1.807, 2.05) is 6.92 Å². The zero-order chi connectivity index (χ0) is 13.4. The third kappa shape index (κ3) is 6.22. The number of carbonyl (C=O) groups is 2. The maximum absolute atomic E-state index is 11.8. The maximum atomic E-state index is 11.8. The van der Waals surface area contributed by atoms with Crippen molar-refractivity contribution in [1.29, 1.82) is 0 Å². The summed E-state index contributed by atoms with van der Waals surface area (Å²) in [5.74, 6) is -0.560. The highest BCUT2D eigenvalue weighted by Gasteiger charge is 2.32. The molecule has 0 aliphatic carbocycles. The van der Waals surface area contributed by atoms with Crippen LogP contribution in [0.5, 0.6) is 0 Å². The molecule has 1 atom stereocenters. The molecule has 6 nitrogen and oxygen atoms in total. The number of halogens is 1. The molecule has 0 aromatic heterocycles. The second kappa shape index (κ2) is 10.00. The first-order valence-electron chi connectivity index (χ1n) is 6.39. The Bertz CT molecular complexity index is 281. The van der Waals surface area contributed by atoms with Crippen LogP contribution in [-0.4, -0.2) is 44.5 Å². The Morgan fingerprint density at radius 1 is 1.21 bits per heavy atom. The summed E-state index contributed by atoms with van der Waals surface area (Å²) in [4.78, 5) is 23.0. The predicted molar refractivity (Wildman–Crippen MR) is 71.4 cm³/mol. The van der Waals surface area contributed by atoms with E-state index in [4.69, 9.17) is 4.74 Å². The first-order valence-corrected chi connectivity index (χ1v) is 6.39. The Morgan fingerprint density at radius 2 is 1.84 bits per heavy atom. The van der Waals surface area contributed by atoms with Crippen LogP contribution in [0.25, 0.3) is 0 Å². The highest BCUT2D eigenvalue weighted by Crippen LogP contribution is 2.20. The van der Waals surface area contributed by atoms with E-state index >= 15 is 0 Å². The lowest BCUT2D eigenvalue weighted by molar-refractivity contribution is -0.157. The molecule has 112 valence electrons. The average Bonchev–Trinajstić information content (AvgIpc) is 2.37. The standard InChI is InChI=1S/C12H21NO5.ClH/c1-3-16-10(9-5-7-13-8-6-9)11(14)18-12(15)17-4-2;/h9-10,13H,3-8H2,1-2H3;1H. The van der Waals surface area contributed by atoms with E-state index in [9.17, 15) is 9.59 Å². The molecule has 0 bridgehead atoms. The molecule has 0 amide bonds. The highest BCUT2D eigenvalue weighted by atomic mass is 35.5. The van der Waals surface area contributed by atoms with Gasteiger partial charge in [0.1, 0.15) is 0 Å². The molecule has 0 spiro atoms. The smallest absolute Gasteiger partial charge is 0.434 e. The Kier molecular flexibility index (Phi) is 9.55. The third-order valence-electron chi connectivity index (χ3n) is 2.84. The van der Waals surface area contributed by atoms with Crippen molar-refractivity contribution in [2.45, 2.75) is 32.8 Å². The average molecular weight is 296 g/mol. The predicted octanol–water partition coefficient (Wildman–Crippen LogP) is 1.51. The second-order valence-corrected chi connectivity index (χ2v) is 4.07. The minimum Gasteiger partial charge on any atom is -0.434 e. The summed E-state index contributed by atoms with van der Waals surface area (Å²) in [6.45, 7) is 5.75. The summed E-state index contributed by atoms with van der Waals surface area (Å²) in [6, 6.07) is 0. The van der Waals surface area contributed by atoms with Gasteiger partial charge in [-0.3, -0.25) is 0 Å². The first kappa shape index (κ1) is 18.1. The number of hydrogen-bond acceptors (Lipinski definition) is 6. The number of piperidine rings is 1. The molecule has 0 aromatic rings. The van der Waals surface area contributed by atoms with Crippen LogP contribution in [0.3, 0.4) is 0 Å². The Morgan fingerprint density at radius 3 is 2.37 bits per heavy atom. The minimum absolute atomic E-state index is 0. The summed E-state index contributed by atoms with van der Waals surface area (Å²) in [5.41, 5.74) is 0. The monoisotopic (exact) mass is 295 g/mol. The van der Waals surface area contributed by atoms with Gasteiger partial charge in [-0.05, 0) is 45.7 Å². The van der Waals surface area contributed by atoms with Gasteiger partial charge in [0.25, 0.3) is 0 Å². The number of carbonyl (C=O) groups excluding carboxylic acids is 2. The summed E-state index contributed by atoms with van der Waals surface area (Å²) >= 11 is 0. The molecule has 1 saturated heterocycles. The third-order valence-corrected chi connectivity index (χ3v) is 2.84. The van der Waals surface area contributed by atoms with Gasteiger partial charge in [0.2, 0.25) is 0 Å². The second-order valence-electron chi connectivity index (χ2n) is 4.07. The van der Waals surface area contributed by atoms with Crippen LogP contribution in [-0.2, 0) is 19.0 Å². The molecule has 0 radical (unpaired) electrons. The number of rotatable bonds is 5. The van der Waals surface area contributed by atoms with Crippen molar-refractivity contribution in [2.24, 2.45) is 5.92 Å². The molecule has 1 fully saturated rings. The Labute approximate surface area is 119 Å². The molecule has 1 aliphatic heterocycles. The van der Waals surface area contributed by atoms with Crippen LogP contribution in [0.2, 0.25) is 0 Å². The zero-order valence-corrected chi connectivity index (χ0v) is 12.2. The fraction of sp³-hybridized carbons (Fsp3) is 0.833. The van der Waals surface area contributed by atoms with Gasteiger partial charge in [-0.15, -0.1) is 12.4 Å². The Balaban J connectivity index is 0.00000324. The number of hydrogen-bond donors (Lipinski definition) is 1. The van der Waals surface area contributed by atoms with Gasteiger partial charge in [0.15, 0.2) is 6.10 Å². The number of nitrogens with one attached hydrogen (secondary N) is 1. The lowest BCUT2D eigenvalue weighted by atomic mass is 9.92. The summed E-state index contributed by atoms with van der Waals surface area (Å²) in [7, 11) is 0. The van der Waals surface area contributed by atoms with E-state index in [1.165, 1.54) is 0 Å². The molecule has 1 N–H and O–H groups in total. The minimum atomic E-state index is -0.957. The van der Waals surface area contributed by atoms with Crippen molar-refractivity contribution in [1.82, 2.24) is 5.32 Å². The normalized spacial score (nSPS) is 17.2. The van der Waals surface area contributed by atoms with Gasteiger partial charge in [0.05, 0.1) is 6.61 Å². The Hall–Kier alpha value is -0.850. The summed E-state index contributed by atoms with van der Waals surface area (Å²) < 4.78 is 14.6. The molecular weight excluding hydrogens is 274 g/mol. The highest BCUT2D eigenvalue weighted by molar-refractivity contribution is 5.85. The van der Waals surface area contributed by atoms with Gasteiger partial charge >= 0.3 is 12.1 Å². The molecule has 1 heterocycles. The lowest BCUT2D eigenvalue weighted by Gasteiger charge is -2.28. The molecule has 19 heavy (non-hydrogen) atoms. The molecule has 1 rings (SSSR count). The largest absolute Gasteiger partial charge is 0.516 e. The first-order chi connectivity index (χ1) is 8.69. The van der Waals surface area contributed by atoms with Crippen LogP contribution in [0.4, 0.5) is 4.79 Å². The summed E-state index contributed by atoms with van der Waals surface area (Å²) in [6.07, 6.45) is 0.0354. The fourth-order valence-electron chi connectivity index (χ4n) is 2.01. The molecule has 7 heteroatoms. The molecule has 0 saturated carbocycles. The van der Waals surface area contributed by atoms with Gasteiger partial charge in [-0.25, -0.2) is 9.59 Å². The van der Waals surface area contributed by atoms with Crippen LogP contribution in [0, 0.1) is 5.92 Å². The van der Waals surface area contributed by atoms with Crippen molar-refractivity contribution in [3.8, 4) is 0 Å². The summed E-state index contributed by atoms with van der Waals surface area (Å²) in [5, 5.41) is 3.21.